The molecule has 1 fully saturated rings. The van der Waals surface area contributed by atoms with Crippen molar-refractivity contribution < 1.29 is 0 Å². The molecule has 0 bridgehead atoms. The lowest BCUT2D eigenvalue weighted by molar-refractivity contribution is 0.502. The molecule has 0 amide bonds. The van der Waals surface area contributed by atoms with Crippen molar-refractivity contribution in [3.8, 4) is 0 Å². The van der Waals surface area contributed by atoms with E-state index in [1.165, 1.54) is 5.56 Å². The predicted octanol–water partition coefficient (Wildman–Crippen LogP) is 2.14. The Kier molecular flexibility index (Phi) is 3.21. The van der Waals surface area contributed by atoms with Crippen molar-refractivity contribution in [2.75, 3.05) is 18.0 Å². The summed E-state index contributed by atoms with van der Waals surface area (Å²) in [5, 5.41) is 4.28. The number of nitrogens with zero attached hydrogens (tertiary/aromatic N) is 6. The molecule has 0 radical (unpaired) electrons. The van der Waals surface area contributed by atoms with Crippen LogP contribution in [0, 0.1) is 0 Å². The van der Waals surface area contributed by atoms with Gasteiger partial charge in [-0.2, -0.15) is 5.10 Å². The minimum Gasteiger partial charge on any atom is -0.357 e. The molecule has 1 aliphatic heterocycles. The molecule has 0 unspecified atom stereocenters. The van der Waals surface area contributed by atoms with Crippen LogP contribution in [0.3, 0.4) is 0 Å². The number of pyridine rings is 1. The zero-order valence-electron chi connectivity index (χ0n) is 12.6. The van der Waals surface area contributed by atoms with Crippen LogP contribution >= 0.6 is 0 Å². The average molecular weight is 294 g/mol. The zero-order chi connectivity index (χ0) is 14.9. The molecule has 1 saturated heterocycles. The number of hydrogen-bond acceptors (Lipinski definition) is 5. The molecule has 4 heterocycles. The van der Waals surface area contributed by atoms with Crippen LogP contribution in [0.2, 0.25) is 0 Å². The van der Waals surface area contributed by atoms with E-state index in [0.717, 1.165) is 42.9 Å². The first-order valence-corrected chi connectivity index (χ1v) is 7.61. The monoisotopic (exact) mass is 294 g/mol. The highest BCUT2D eigenvalue weighted by atomic mass is 15.2. The minimum absolute atomic E-state index is 0.602. The Morgan fingerprint density at radius 3 is 2.68 bits per heavy atom. The number of aryl methyl sites for hydroxylation is 1. The van der Waals surface area contributed by atoms with Gasteiger partial charge in [0.25, 0.3) is 0 Å². The molecule has 0 saturated carbocycles. The molecule has 0 N–H and O–H groups in total. The van der Waals surface area contributed by atoms with Crippen molar-refractivity contribution in [3.63, 3.8) is 0 Å². The molecule has 0 atom stereocenters. The highest BCUT2D eigenvalue weighted by molar-refractivity contribution is 5.71. The quantitative estimate of drug-likeness (QED) is 0.724. The van der Waals surface area contributed by atoms with Gasteiger partial charge >= 0.3 is 0 Å². The van der Waals surface area contributed by atoms with E-state index in [1.54, 1.807) is 12.4 Å². The summed E-state index contributed by atoms with van der Waals surface area (Å²) in [4.78, 5) is 15.5. The molecule has 3 aromatic rings. The van der Waals surface area contributed by atoms with Crippen molar-refractivity contribution in [1.82, 2.24) is 24.7 Å². The highest BCUT2D eigenvalue weighted by Gasteiger charge is 2.22. The fraction of sp³-hybridized carbons (Fsp3) is 0.375. The van der Waals surface area contributed by atoms with Gasteiger partial charge in [-0.15, -0.1) is 0 Å². The molecule has 6 nitrogen and oxygen atoms in total. The minimum atomic E-state index is 0.602. The van der Waals surface area contributed by atoms with Crippen LogP contribution in [0.15, 0.2) is 36.9 Å². The zero-order valence-corrected chi connectivity index (χ0v) is 12.6. The van der Waals surface area contributed by atoms with Crippen molar-refractivity contribution in [2.45, 2.75) is 18.8 Å². The first-order chi connectivity index (χ1) is 10.8. The highest BCUT2D eigenvalue weighted by Crippen LogP contribution is 2.29. The maximum atomic E-state index is 4.64. The lowest BCUT2D eigenvalue weighted by atomic mass is 9.91. The first-order valence-electron chi connectivity index (χ1n) is 7.61. The molecule has 0 aromatic carbocycles. The van der Waals surface area contributed by atoms with Gasteiger partial charge in [-0.05, 0) is 36.5 Å². The van der Waals surface area contributed by atoms with Crippen LogP contribution in [0.5, 0.6) is 0 Å². The lowest BCUT2D eigenvalue weighted by Crippen LogP contribution is -2.33. The van der Waals surface area contributed by atoms with E-state index < -0.39 is 0 Å². The van der Waals surface area contributed by atoms with Crippen molar-refractivity contribution in [2.24, 2.45) is 7.05 Å². The van der Waals surface area contributed by atoms with Gasteiger partial charge in [0.1, 0.15) is 11.3 Å². The first kappa shape index (κ1) is 13.2. The maximum Gasteiger partial charge on any atom is 0.180 e. The summed E-state index contributed by atoms with van der Waals surface area (Å²) in [6.45, 7) is 2.02. The number of aromatic nitrogens is 5. The number of anilines is 1. The summed E-state index contributed by atoms with van der Waals surface area (Å²) < 4.78 is 1.88. The second-order valence-corrected chi connectivity index (χ2v) is 5.78. The molecule has 0 aliphatic carbocycles. The van der Waals surface area contributed by atoms with E-state index >= 15 is 0 Å². The van der Waals surface area contributed by atoms with Gasteiger partial charge in [0, 0.05) is 38.7 Å². The third-order valence-electron chi connectivity index (χ3n) is 4.33. The Labute approximate surface area is 128 Å². The van der Waals surface area contributed by atoms with E-state index in [1.807, 2.05) is 30.1 Å². The van der Waals surface area contributed by atoms with Crippen molar-refractivity contribution >= 4 is 17.0 Å². The van der Waals surface area contributed by atoms with Gasteiger partial charge in [-0.3, -0.25) is 9.67 Å². The van der Waals surface area contributed by atoms with Gasteiger partial charge in [-0.1, -0.05) is 0 Å². The molecule has 1 aliphatic rings. The smallest absolute Gasteiger partial charge is 0.180 e. The number of hydrogen-bond donors (Lipinski definition) is 0. The third kappa shape index (κ3) is 2.41. The van der Waals surface area contributed by atoms with Crippen molar-refractivity contribution in [3.05, 3.63) is 42.5 Å². The molecule has 4 rings (SSSR count). The Morgan fingerprint density at radius 1 is 1.09 bits per heavy atom. The fourth-order valence-corrected chi connectivity index (χ4v) is 3.11. The van der Waals surface area contributed by atoms with Crippen LogP contribution < -0.4 is 4.90 Å². The summed E-state index contributed by atoms with van der Waals surface area (Å²) in [7, 11) is 1.97. The topological polar surface area (TPSA) is 59.7 Å². The maximum absolute atomic E-state index is 4.64. The summed E-state index contributed by atoms with van der Waals surface area (Å²) in [6.07, 6.45) is 9.77. The average Bonchev–Trinajstić information content (AvgIpc) is 3.01. The second-order valence-electron chi connectivity index (χ2n) is 5.78. The number of piperidine rings is 1. The fourth-order valence-electron chi connectivity index (χ4n) is 3.11. The van der Waals surface area contributed by atoms with Crippen LogP contribution in [0.4, 0.5) is 5.82 Å². The second kappa shape index (κ2) is 5.36. The summed E-state index contributed by atoms with van der Waals surface area (Å²) in [6, 6.07) is 4.04. The van der Waals surface area contributed by atoms with Gasteiger partial charge in [0.05, 0.1) is 6.20 Å². The molecule has 112 valence electrons. The summed E-state index contributed by atoms with van der Waals surface area (Å²) in [5.74, 6) is 1.60. The van der Waals surface area contributed by atoms with E-state index in [0.29, 0.717) is 5.92 Å². The van der Waals surface area contributed by atoms with Gasteiger partial charge < -0.3 is 4.90 Å². The molecule has 3 aromatic heterocycles. The molecule has 0 spiro atoms. The molecule has 6 heteroatoms. The Balaban J connectivity index is 1.50. The SMILES string of the molecule is Cn1cc(C2CCN(c3ccc4nccnc4n3)CC2)cn1. The lowest BCUT2D eigenvalue weighted by Gasteiger charge is -2.32. The van der Waals surface area contributed by atoms with Gasteiger partial charge in [0.15, 0.2) is 5.65 Å². The Bertz CT molecular complexity index is 788. The van der Waals surface area contributed by atoms with Gasteiger partial charge in [0.2, 0.25) is 0 Å². The standard InChI is InChI=1S/C16H18N6/c1-21-11-13(10-19-21)12-4-8-22(9-5-12)15-3-2-14-16(20-15)18-7-6-17-14/h2-3,6-7,10-12H,4-5,8-9H2,1H3. The predicted molar refractivity (Wildman–Crippen MR) is 84.7 cm³/mol. The number of rotatable bonds is 2. The molecular weight excluding hydrogens is 276 g/mol. The molecular formula is C16H18N6. The summed E-state index contributed by atoms with van der Waals surface area (Å²) in [5.41, 5.74) is 2.91. The number of fused-ring (bicyclic) bond motifs is 1. The summed E-state index contributed by atoms with van der Waals surface area (Å²) >= 11 is 0. The van der Waals surface area contributed by atoms with Gasteiger partial charge in [-0.25, -0.2) is 9.97 Å². The largest absolute Gasteiger partial charge is 0.357 e. The van der Waals surface area contributed by atoms with Crippen molar-refractivity contribution in [1.29, 1.82) is 0 Å². The van der Waals surface area contributed by atoms with Crippen LogP contribution in [0.25, 0.3) is 11.2 Å². The molecule has 22 heavy (non-hydrogen) atoms. The van der Waals surface area contributed by atoms with E-state index in [4.69, 9.17) is 0 Å². The Morgan fingerprint density at radius 2 is 1.91 bits per heavy atom. The van der Waals surface area contributed by atoms with E-state index in [-0.39, 0.29) is 0 Å². The van der Waals surface area contributed by atoms with E-state index in [9.17, 15) is 0 Å². The van der Waals surface area contributed by atoms with Crippen LogP contribution in [-0.2, 0) is 7.05 Å². The third-order valence-corrected chi connectivity index (χ3v) is 4.33. The van der Waals surface area contributed by atoms with Crippen LogP contribution in [-0.4, -0.2) is 37.8 Å². The Hall–Kier alpha value is -2.50. The van der Waals surface area contributed by atoms with E-state index in [2.05, 4.69) is 31.1 Å². The van der Waals surface area contributed by atoms with Crippen LogP contribution in [0.1, 0.15) is 24.3 Å². The normalized spacial score (nSPS) is 16.3.